The van der Waals surface area contributed by atoms with Crippen molar-refractivity contribution in [2.24, 2.45) is 4.99 Å². The second-order valence-electron chi connectivity index (χ2n) is 3.71. The number of ether oxygens (including phenoxy) is 1. The van der Waals surface area contributed by atoms with Crippen LogP contribution in [0.25, 0.3) is 0 Å². The number of phenols is 1. The van der Waals surface area contributed by atoms with Crippen molar-refractivity contribution in [3.8, 4) is 5.75 Å². The van der Waals surface area contributed by atoms with Gasteiger partial charge in [-0.3, -0.25) is 4.79 Å². The minimum Gasteiger partial charge on any atom is -0.506 e. The molecule has 1 aromatic rings. The van der Waals surface area contributed by atoms with Gasteiger partial charge in [0, 0.05) is 0 Å². The Labute approximate surface area is 114 Å². The van der Waals surface area contributed by atoms with Gasteiger partial charge in [0.1, 0.15) is 11.5 Å². The summed E-state index contributed by atoms with van der Waals surface area (Å²) in [7, 11) is 1.29. The molecule has 1 aliphatic carbocycles. The highest BCUT2D eigenvalue weighted by Gasteiger charge is 2.21. The first-order valence-corrected chi connectivity index (χ1v) is 5.68. The number of hydrogen-bond acceptors (Lipinski definition) is 5. The first kappa shape index (κ1) is 13.2. The smallest absolute Gasteiger partial charge is 0.224 e. The molecule has 0 unspecified atom stereocenters. The van der Waals surface area contributed by atoms with Gasteiger partial charge in [-0.1, -0.05) is 11.6 Å². The van der Waals surface area contributed by atoms with Gasteiger partial charge < -0.3 is 14.9 Å². The van der Waals surface area contributed by atoms with Crippen LogP contribution in [0.4, 0.5) is 5.69 Å². The average Bonchev–Trinajstić information content (AvgIpc) is 2.38. The Kier molecular flexibility index (Phi) is 3.57. The van der Waals surface area contributed by atoms with Gasteiger partial charge in [-0.15, -0.1) is 0 Å². The van der Waals surface area contributed by atoms with Crippen molar-refractivity contribution in [3.05, 3.63) is 46.9 Å². The predicted octanol–water partition coefficient (Wildman–Crippen LogP) is 2.67. The predicted molar refractivity (Wildman–Crippen MR) is 71.0 cm³/mol. The van der Waals surface area contributed by atoms with E-state index in [1.165, 1.54) is 37.5 Å². The summed E-state index contributed by atoms with van der Waals surface area (Å²) in [6.07, 6.45) is 2.63. The molecule has 0 saturated carbocycles. The minimum absolute atomic E-state index is 0.0580. The van der Waals surface area contributed by atoms with Crippen LogP contribution in [0, 0.1) is 0 Å². The lowest BCUT2D eigenvalue weighted by Crippen LogP contribution is -2.15. The number of allylic oxidation sites excluding steroid dienone is 2. The third-order valence-electron chi connectivity index (χ3n) is 2.46. The molecule has 2 rings (SSSR count). The Morgan fingerprint density at radius 1 is 1.26 bits per heavy atom. The molecule has 1 aliphatic rings. The van der Waals surface area contributed by atoms with E-state index in [0.717, 1.165) is 0 Å². The molecular weight excluding hydrogens is 270 g/mol. The Hall–Kier alpha value is -2.27. The highest BCUT2D eigenvalue weighted by Crippen LogP contribution is 2.28. The first-order chi connectivity index (χ1) is 9.02. The van der Waals surface area contributed by atoms with Crippen LogP contribution >= 0.6 is 11.6 Å². The molecule has 19 heavy (non-hydrogen) atoms. The summed E-state index contributed by atoms with van der Waals surface area (Å²) in [6, 6.07) is 4.35. The van der Waals surface area contributed by atoms with Crippen molar-refractivity contribution in [1.82, 2.24) is 0 Å². The number of aliphatic imine (C=N–C) groups is 1. The second-order valence-corrected chi connectivity index (χ2v) is 4.12. The minimum atomic E-state index is -0.428. The van der Waals surface area contributed by atoms with E-state index in [9.17, 15) is 15.0 Å². The van der Waals surface area contributed by atoms with E-state index in [4.69, 9.17) is 16.3 Å². The van der Waals surface area contributed by atoms with Gasteiger partial charge in [0.15, 0.2) is 5.76 Å². The van der Waals surface area contributed by atoms with Crippen LogP contribution in [-0.2, 0) is 9.53 Å². The average molecular weight is 280 g/mol. The normalized spacial score (nSPS) is 17.2. The summed E-state index contributed by atoms with van der Waals surface area (Å²) >= 11 is 5.76. The van der Waals surface area contributed by atoms with E-state index in [1.54, 1.807) is 0 Å². The molecule has 0 bridgehead atoms. The van der Waals surface area contributed by atoms with Gasteiger partial charge in [-0.05, 0) is 30.4 Å². The summed E-state index contributed by atoms with van der Waals surface area (Å²) in [4.78, 5) is 15.5. The van der Waals surface area contributed by atoms with Crippen molar-refractivity contribution in [2.75, 3.05) is 7.11 Å². The number of aliphatic hydroxyl groups excluding tert-OH is 1. The molecule has 0 aromatic heterocycles. The molecule has 2 N–H and O–H groups in total. The van der Waals surface area contributed by atoms with E-state index in [1.807, 2.05) is 0 Å². The molecule has 6 heteroatoms. The fraction of sp³-hybridized carbons (Fsp3) is 0.0769. The van der Waals surface area contributed by atoms with E-state index in [-0.39, 0.29) is 28.0 Å². The lowest BCUT2D eigenvalue weighted by molar-refractivity contribution is -0.114. The van der Waals surface area contributed by atoms with Crippen molar-refractivity contribution in [1.29, 1.82) is 0 Å². The summed E-state index contributed by atoms with van der Waals surface area (Å²) in [5, 5.41) is 19.3. The summed E-state index contributed by atoms with van der Waals surface area (Å²) in [5.74, 6) is -0.981. The quantitative estimate of drug-likeness (QED) is 0.816. The second kappa shape index (κ2) is 5.16. The lowest BCUT2D eigenvalue weighted by Gasteiger charge is -2.11. The number of halogens is 1. The summed E-state index contributed by atoms with van der Waals surface area (Å²) in [5.41, 5.74) is 0.608. The van der Waals surface area contributed by atoms with Gasteiger partial charge in [0.2, 0.25) is 11.5 Å². The van der Waals surface area contributed by atoms with Crippen molar-refractivity contribution < 1.29 is 19.7 Å². The molecule has 5 nitrogen and oxygen atoms in total. The molecule has 0 fully saturated rings. The number of hydrogen-bond donors (Lipinski definition) is 2. The molecular formula is C13H10ClNO4. The molecule has 0 saturated heterocycles. The molecule has 1 aromatic carbocycles. The van der Waals surface area contributed by atoms with Crippen LogP contribution < -0.4 is 0 Å². The van der Waals surface area contributed by atoms with Gasteiger partial charge >= 0.3 is 0 Å². The molecule has 0 spiro atoms. The maximum absolute atomic E-state index is 11.4. The zero-order chi connectivity index (χ0) is 14.0. The van der Waals surface area contributed by atoms with Crippen LogP contribution in [0.1, 0.15) is 0 Å². The number of nitrogens with zero attached hydrogens (tertiary/aromatic N) is 1. The Balaban J connectivity index is 2.43. The summed E-state index contributed by atoms with van der Waals surface area (Å²) in [6.45, 7) is 0. The standard InChI is InChI=1S/C13H10ClNO4/c1-19-13-11(17)5-3-9(12(13)18)15-7-2-4-10(16)8(14)6-7/h2-6,16,18H,1H3. The van der Waals surface area contributed by atoms with E-state index < -0.39 is 5.78 Å². The van der Waals surface area contributed by atoms with Crippen LogP contribution in [0.2, 0.25) is 5.02 Å². The number of aromatic hydroxyl groups is 1. The number of rotatable bonds is 2. The molecule has 0 aliphatic heterocycles. The largest absolute Gasteiger partial charge is 0.506 e. The zero-order valence-corrected chi connectivity index (χ0v) is 10.7. The number of phenolic OH excluding ortho intramolecular Hbond substituents is 1. The first-order valence-electron chi connectivity index (χ1n) is 5.30. The van der Waals surface area contributed by atoms with Gasteiger partial charge in [-0.2, -0.15) is 0 Å². The Morgan fingerprint density at radius 3 is 2.63 bits per heavy atom. The maximum Gasteiger partial charge on any atom is 0.224 e. The van der Waals surface area contributed by atoms with Crippen LogP contribution in [0.5, 0.6) is 5.75 Å². The fourth-order valence-corrected chi connectivity index (χ4v) is 1.71. The Morgan fingerprint density at radius 2 is 2.00 bits per heavy atom. The Bertz CT molecular complexity index is 632. The van der Waals surface area contributed by atoms with Crippen LogP contribution in [-0.4, -0.2) is 28.8 Å². The monoisotopic (exact) mass is 279 g/mol. The number of carbonyl (C=O) groups is 1. The number of ketones is 1. The highest BCUT2D eigenvalue weighted by molar-refractivity contribution is 6.32. The zero-order valence-electron chi connectivity index (χ0n) is 9.92. The third-order valence-corrected chi connectivity index (χ3v) is 2.76. The molecule has 0 amide bonds. The van der Waals surface area contributed by atoms with E-state index >= 15 is 0 Å². The molecule has 98 valence electrons. The molecule has 0 atom stereocenters. The van der Waals surface area contributed by atoms with Gasteiger partial charge in [-0.25, -0.2) is 4.99 Å². The number of methoxy groups -OCH3 is 1. The van der Waals surface area contributed by atoms with E-state index in [2.05, 4.69) is 4.99 Å². The summed E-state index contributed by atoms with van der Waals surface area (Å²) < 4.78 is 4.81. The third kappa shape index (κ3) is 2.61. The molecule has 0 heterocycles. The number of benzene rings is 1. The van der Waals surface area contributed by atoms with Crippen molar-refractivity contribution in [2.45, 2.75) is 0 Å². The number of aliphatic hydroxyl groups is 1. The van der Waals surface area contributed by atoms with Crippen molar-refractivity contribution >= 4 is 28.8 Å². The van der Waals surface area contributed by atoms with Crippen LogP contribution in [0.3, 0.4) is 0 Å². The van der Waals surface area contributed by atoms with Gasteiger partial charge in [0.05, 0.1) is 17.8 Å². The van der Waals surface area contributed by atoms with E-state index in [0.29, 0.717) is 5.69 Å². The SMILES string of the molecule is COC1=C(O)C(=Nc2ccc(O)c(Cl)c2)C=CC1=O. The van der Waals surface area contributed by atoms with Gasteiger partial charge in [0.25, 0.3) is 0 Å². The fourth-order valence-electron chi connectivity index (χ4n) is 1.53. The molecule has 0 radical (unpaired) electrons. The van der Waals surface area contributed by atoms with Crippen molar-refractivity contribution in [3.63, 3.8) is 0 Å². The topological polar surface area (TPSA) is 79.1 Å². The highest BCUT2D eigenvalue weighted by atomic mass is 35.5. The number of carbonyl (C=O) groups excluding carboxylic acids is 1. The lowest BCUT2D eigenvalue weighted by atomic mass is 10.1. The maximum atomic E-state index is 11.4. The van der Waals surface area contributed by atoms with Crippen LogP contribution in [0.15, 0.2) is 46.9 Å².